The van der Waals surface area contributed by atoms with Gasteiger partial charge in [0, 0.05) is 18.0 Å². The van der Waals surface area contributed by atoms with E-state index in [0.717, 1.165) is 6.42 Å². The molecule has 1 aliphatic rings. The van der Waals surface area contributed by atoms with Crippen molar-refractivity contribution in [3.63, 3.8) is 0 Å². The highest BCUT2D eigenvalue weighted by molar-refractivity contribution is 4.98. The molecule has 1 aliphatic heterocycles. The fourth-order valence-corrected chi connectivity index (χ4v) is 2.71. The Morgan fingerprint density at radius 3 is 2.18 bits per heavy atom. The first-order valence-corrected chi connectivity index (χ1v) is 6.52. The third-order valence-electron chi connectivity index (χ3n) is 3.41. The van der Waals surface area contributed by atoms with E-state index in [1.807, 2.05) is 27.7 Å². The fourth-order valence-electron chi connectivity index (χ4n) is 2.71. The molecule has 2 atom stereocenters. The summed E-state index contributed by atoms with van der Waals surface area (Å²) in [6.07, 6.45) is -0.0708. The first-order chi connectivity index (χ1) is 7.43. The molecule has 3 heteroatoms. The summed E-state index contributed by atoms with van der Waals surface area (Å²) < 4.78 is 20.3. The van der Waals surface area contributed by atoms with Crippen LogP contribution in [0.15, 0.2) is 0 Å². The summed E-state index contributed by atoms with van der Waals surface area (Å²) in [5, 5.41) is 3.23. The van der Waals surface area contributed by atoms with Gasteiger partial charge < -0.3 is 10.1 Å². The van der Waals surface area contributed by atoms with Gasteiger partial charge in [0.1, 0.15) is 6.17 Å². The average molecular weight is 245 g/mol. The summed E-state index contributed by atoms with van der Waals surface area (Å²) in [6, 6.07) is 0. The van der Waals surface area contributed by atoms with Crippen molar-refractivity contribution in [2.45, 2.75) is 77.8 Å². The predicted octanol–water partition coefficient (Wildman–Crippen LogP) is 3.31. The molecule has 0 aromatic rings. The molecule has 0 saturated carbocycles. The minimum Gasteiger partial charge on any atom is -0.369 e. The molecule has 1 rings (SSSR count). The van der Waals surface area contributed by atoms with Gasteiger partial charge in [-0.2, -0.15) is 0 Å². The van der Waals surface area contributed by atoms with Crippen molar-refractivity contribution < 1.29 is 9.13 Å². The zero-order valence-electron chi connectivity index (χ0n) is 12.4. The summed E-state index contributed by atoms with van der Waals surface area (Å²) in [4.78, 5) is 0. The van der Waals surface area contributed by atoms with Gasteiger partial charge in [-0.05, 0) is 54.9 Å². The largest absolute Gasteiger partial charge is 0.369 e. The molecule has 0 bridgehead atoms. The van der Waals surface area contributed by atoms with Crippen LogP contribution in [0, 0.1) is 5.92 Å². The molecule has 0 amide bonds. The smallest absolute Gasteiger partial charge is 0.118 e. The SMILES string of the molecule is CC(C)(C)NCC(F)C1CC(C)(C)OC1(C)C. The molecular formula is C14H28FNO. The lowest BCUT2D eigenvalue weighted by Gasteiger charge is -2.31. The maximum absolute atomic E-state index is 14.3. The lowest BCUT2D eigenvalue weighted by molar-refractivity contribution is -0.0815. The Morgan fingerprint density at radius 2 is 1.82 bits per heavy atom. The van der Waals surface area contributed by atoms with E-state index in [1.54, 1.807) is 0 Å². The van der Waals surface area contributed by atoms with E-state index in [4.69, 9.17) is 4.74 Å². The number of nitrogens with one attached hydrogen (secondary N) is 1. The monoisotopic (exact) mass is 245 g/mol. The summed E-state index contributed by atoms with van der Waals surface area (Å²) in [5.41, 5.74) is -0.619. The number of rotatable bonds is 3. The Bertz CT molecular complexity index is 268. The zero-order chi connectivity index (χ0) is 13.5. The third kappa shape index (κ3) is 4.22. The highest BCUT2D eigenvalue weighted by Gasteiger charge is 2.49. The van der Waals surface area contributed by atoms with E-state index in [0.29, 0.717) is 6.54 Å². The summed E-state index contributed by atoms with van der Waals surface area (Å²) in [5.74, 6) is -0.0349. The third-order valence-corrected chi connectivity index (χ3v) is 3.41. The standard InChI is InChI=1S/C14H28FNO/c1-12(2,3)16-9-11(15)10-8-13(4,5)17-14(10,6)7/h10-11,16H,8-9H2,1-7H3. The minimum absolute atomic E-state index is 0.0349. The van der Waals surface area contributed by atoms with Crippen molar-refractivity contribution >= 4 is 0 Å². The number of ether oxygens (including phenoxy) is 1. The number of alkyl halides is 1. The second-order valence-electron chi connectivity index (χ2n) is 7.42. The molecular weight excluding hydrogens is 217 g/mol. The van der Waals surface area contributed by atoms with Crippen molar-refractivity contribution in [1.82, 2.24) is 5.32 Å². The van der Waals surface area contributed by atoms with Crippen molar-refractivity contribution in [1.29, 1.82) is 0 Å². The van der Waals surface area contributed by atoms with Crippen LogP contribution in [0.5, 0.6) is 0 Å². The molecule has 0 aliphatic carbocycles. The molecule has 0 aromatic heterocycles. The van der Waals surface area contributed by atoms with Crippen LogP contribution < -0.4 is 5.32 Å². The van der Waals surface area contributed by atoms with Gasteiger partial charge in [-0.3, -0.25) is 0 Å². The summed E-state index contributed by atoms with van der Waals surface area (Å²) in [6.45, 7) is 14.6. The summed E-state index contributed by atoms with van der Waals surface area (Å²) >= 11 is 0. The molecule has 0 aromatic carbocycles. The van der Waals surface area contributed by atoms with Gasteiger partial charge in [0.05, 0.1) is 11.2 Å². The Kier molecular flexibility index (Phi) is 3.95. The van der Waals surface area contributed by atoms with Crippen LogP contribution in [-0.2, 0) is 4.74 Å². The molecule has 17 heavy (non-hydrogen) atoms. The highest BCUT2D eigenvalue weighted by atomic mass is 19.1. The first-order valence-electron chi connectivity index (χ1n) is 6.52. The average Bonchev–Trinajstić information content (AvgIpc) is 2.29. The van der Waals surface area contributed by atoms with Crippen LogP contribution in [-0.4, -0.2) is 29.5 Å². The molecule has 2 nitrogen and oxygen atoms in total. The highest BCUT2D eigenvalue weighted by Crippen LogP contribution is 2.44. The number of hydrogen-bond acceptors (Lipinski definition) is 2. The Balaban J connectivity index is 2.61. The number of halogens is 1. The Labute approximate surface area is 105 Å². The molecule has 102 valence electrons. The van der Waals surface area contributed by atoms with E-state index in [9.17, 15) is 4.39 Å². The predicted molar refractivity (Wildman–Crippen MR) is 70.0 cm³/mol. The Hall–Kier alpha value is -0.150. The second-order valence-corrected chi connectivity index (χ2v) is 7.42. The molecule has 1 heterocycles. The van der Waals surface area contributed by atoms with E-state index in [-0.39, 0.29) is 22.7 Å². The topological polar surface area (TPSA) is 21.3 Å². The lowest BCUT2D eigenvalue weighted by atomic mass is 9.83. The van der Waals surface area contributed by atoms with Crippen LogP contribution in [0.3, 0.4) is 0 Å². The van der Waals surface area contributed by atoms with E-state index in [2.05, 4.69) is 26.1 Å². The number of hydrogen-bond donors (Lipinski definition) is 1. The van der Waals surface area contributed by atoms with Gasteiger partial charge in [0.2, 0.25) is 0 Å². The Morgan fingerprint density at radius 1 is 1.29 bits per heavy atom. The van der Waals surface area contributed by atoms with Crippen molar-refractivity contribution in [3.8, 4) is 0 Å². The van der Waals surface area contributed by atoms with Crippen LogP contribution in [0.2, 0.25) is 0 Å². The quantitative estimate of drug-likeness (QED) is 0.823. The van der Waals surface area contributed by atoms with Crippen molar-refractivity contribution in [3.05, 3.63) is 0 Å². The minimum atomic E-state index is -0.856. The van der Waals surface area contributed by atoms with Crippen LogP contribution in [0.4, 0.5) is 4.39 Å². The maximum atomic E-state index is 14.3. The van der Waals surface area contributed by atoms with Crippen molar-refractivity contribution in [2.24, 2.45) is 5.92 Å². The van der Waals surface area contributed by atoms with E-state index < -0.39 is 6.17 Å². The second kappa shape index (κ2) is 4.51. The van der Waals surface area contributed by atoms with Gasteiger partial charge in [-0.15, -0.1) is 0 Å². The summed E-state index contributed by atoms with van der Waals surface area (Å²) in [7, 11) is 0. The first kappa shape index (κ1) is 14.9. The normalized spacial score (nSPS) is 29.3. The van der Waals surface area contributed by atoms with Crippen molar-refractivity contribution in [2.75, 3.05) is 6.54 Å². The van der Waals surface area contributed by atoms with Gasteiger partial charge in [-0.25, -0.2) is 4.39 Å². The van der Waals surface area contributed by atoms with E-state index in [1.165, 1.54) is 0 Å². The molecule has 1 fully saturated rings. The fraction of sp³-hybridized carbons (Fsp3) is 1.00. The van der Waals surface area contributed by atoms with Gasteiger partial charge in [0.15, 0.2) is 0 Å². The van der Waals surface area contributed by atoms with Crippen LogP contribution in [0.25, 0.3) is 0 Å². The van der Waals surface area contributed by atoms with Gasteiger partial charge >= 0.3 is 0 Å². The van der Waals surface area contributed by atoms with Crippen LogP contribution >= 0.6 is 0 Å². The maximum Gasteiger partial charge on any atom is 0.118 e. The molecule has 1 saturated heterocycles. The van der Waals surface area contributed by atoms with E-state index >= 15 is 0 Å². The zero-order valence-corrected chi connectivity index (χ0v) is 12.4. The van der Waals surface area contributed by atoms with Gasteiger partial charge in [0.25, 0.3) is 0 Å². The molecule has 0 spiro atoms. The molecule has 1 N–H and O–H groups in total. The van der Waals surface area contributed by atoms with Gasteiger partial charge in [-0.1, -0.05) is 0 Å². The van der Waals surface area contributed by atoms with Crippen LogP contribution in [0.1, 0.15) is 54.9 Å². The molecule has 2 unspecified atom stereocenters. The lowest BCUT2D eigenvalue weighted by Crippen LogP contribution is -2.44. The molecule has 0 radical (unpaired) electrons.